The van der Waals surface area contributed by atoms with Crippen molar-refractivity contribution in [3.63, 3.8) is 0 Å². The summed E-state index contributed by atoms with van der Waals surface area (Å²) in [4.78, 5) is 16.9. The first kappa shape index (κ1) is 17.8. The molecule has 1 saturated carbocycles. The smallest absolute Gasteiger partial charge is 0.238 e. The van der Waals surface area contributed by atoms with Gasteiger partial charge >= 0.3 is 0 Å². The van der Waals surface area contributed by atoms with Gasteiger partial charge in [0.25, 0.3) is 0 Å². The van der Waals surface area contributed by atoms with Gasteiger partial charge in [0.2, 0.25) is 5.91 Å². The maximum absolute atomic E-state index is 12.1. The molecular formula is C20H29N3O3. The molecule has 0 bridgehead atoms. The molecule has 26 heavy (non-hydrogen) atoms. The predicted molar refractivity (Wildman–Crippen MR) is 101 cm³/mol. The Labute approximate surface area is 155 Å². The summed E-state index contributed by atoms with van der Waals surface area (Å²) < 4.78 is 11.4. The number of nitrogens with zero attached hydrogens (tertiary/aromatic N) is 2. The van der Waals surface area contributed by atoms with Crippen molar-refractivity contribution in [2.45, 2.75) is 37.8 Å². The highest BCUT2D eigenvalue weighted by Crippen LogP contribution is 2.30. The molecular weight excluding hydrogens is 330 g/mol. The molecule has 0 spiro atoms. The predicted octanol–water partition coefficient (Wildman–Crippen LogP) is 1.96. The summed E-state index contributed by atoms with van der Waals surface area (Å²) in [5, 5.41) is 2.96. The number of hydrogen-bond acceptors (Lipinski definition) is 5. The molecule has 3 aliphatic rings. The fourth-order valence-corrected chi connectivity index (χ4v) is 3.77. The van der Waals surface area contributed by atoms with Crippen molar-refractivity contribution in [3.8, 4) is 5.75 Å². The summed E-state index contributed by atoms with van der Waals surface area (Å²) in [6, 6.07) is 8.61. The molecule has 142 valence electrons. The molecule has 2 saturated heterocycles. The Morgan fingerprint density at radius 1 is 1.04 bits per heavy atom. The van der Waals surface area contributed by atoms with Crippen LogP contribution in [0, 0.1) is 0 Å². The molecule has 1 aromatic rings. The van der Waals surface area contributed by atoms with Crippen LogP contribution in [0.2, 0.25) is 0 Å². The van der Waals surface area contributed by atoms with E-state index in [1.54, 1.807) is 0 Å². The van der Waals surface area contributed by atoms with Crippen LogP contribution in [0.25, 0.3) is 0 Å². The summed E-state index contributed by atoms with van der Waals surface area (Å²) in [5.74, 6) is 0.911. The SMILES string of the molecule is O=C(CN1CCOCC1)Nc1ccc(OC2CCN(C3CC3)CC2)cc1. The molecule has 4 rings (SSSR count). The van der Waals surface area contributed by atoms with Gasteiger partial charge in [-0.05, 0) is 49.9 Å². The Kier molecular flexibility index (Phi) is 5.72. The molecule has 6 nitrogen and oxygen atoms in total. The van der Waals surface area contributed by atoms with Crippen molar-refractivity contribution >= 4 is 11.6 Å². The van der Waals surface area contributed by atoms with Crippen molar-refractivity contribution < 1.29 is 14.3 Å². The number of carbonyl (C=O) groups excluding carboxylic acids is 1. The summed E-state index contributed by atoms with van der Waals surface area (Å²) in [6.45, 7) is 5.79. The molecule has 1 aromatic carbocycles. The average Bonchev–Trinajstić information content (AvgIpc) is 3.50. The van der Waals surface area contributed by atoms with Crippen LogP contribution >= 0.6 is 0 Å². The zero-order chi connectivity index (χ0) is 17.8. The number of anilines is 1. The van der Waals surface area contributed by atoms with E-state index in [-0.39, 0.29) is 5.91 Å². The molecule has 2 aliphatic heterocycles. The lowest BCUT2D eigenvalue weighted by Gasteiger charge is -2.32. The zero-order valence-corrected chi connectivity index (χ0v) is 15.4. The van der Waals surface area contributed by atoms with E-state index in [0.717, 1.165) is 56.5 Å². The highest BCUT2D eigenvalue weighted by atomic mass is 16.5. The maximum atomic E-state index is 12.1. The van der Waals surface area contributed by atoms with Gasteiger partial charge < -0.3 is 19.7 Å². The number of amides is 1. The van der Waals surface area contributed by atoms with Gasteiger partial charge in [-0.15, -0.1) is 0 Å². The number of carbonyl (C=O) groups is 1. The minimum atomic E-state index is 0.0213. The Bertz CT molecular complexity index is 589. The van der Waals surface area contributed by atoms with Gasteiger partial charge in [0.1, 0.15) is 11.9 Å². The first-order valence-electron chi connectivity index (χ1n) is 9.87. The minimum absolute atomic E-state index is 0.0213. The summed E-state index contributed by atoms with van der Waals surface area (Å²) >= 11 is 0. The Balaban J connectivity index is 1.21. The number of morpholine rings is 1. The van der Waals surface area contributed by atoms with Gasteiger partial charge in [0.05, 0.1) is 19.8 Å². The van der Waals surface area contributed by atoms with Crippen molar-refractivity contribution in [1.82, 2.24) is 9.80 Å². The van der Waals surface area contributed by atoms with Crippen LogP contribution in [0.1, 0.15) is 25.7 Å². The van der Waals surface area contributed by atoms with E-state index < -0.39 is 0 Å². The van der Waals surface area contributed by atoms with E-state index in [9.17, 15) is 4.79 Å². The van der Waals surface area contributed by atoms with Crippen molar-refractivity contribution in [2.24, 2.45) is 0 Å². The Morgan fingerprint density at radius 2 is 1.73 bits per heavy atom. The number of piperidine rings is 1. The van der Waals surface area contributed by atoms with Crippen molar-refractivity contribution in [2.75, 3.05) is 51.3 Å². The standard InChI is InChI=1S/C20H29N3O3/c24-20(15-22-11-13-25-14-12-22)21-16-1-5-18(6-2-16)26-19-7-9-23(10-8-19)17-3-4-17/h1-2,5-6,17,19H,3-4,7-15H2,(H,21,24). The highest BCUT2D eigenvalue weighted by Gasteiger charge is 2.32. The minimum Gasteiger partial charge on any atom is -0.490 e. The van der Waals surface area contributed by atoms with Crippen LogP contribution in [-0.2, 0) is 9.53 Å². The van der Waals surface area contributed by atoms with Gasteiger partial charge in [-0.1, -0.05) is 0 Å². The lowest BCUT2D eigenvalue weighted by molar-refractivity contribution is -0.118. The largest absolute Gasteiger partial charge is 0.490 e. The molecule has 1 N–H and O–H groups in total. The quantitative estimate of drug-likeness (QED) is 0.842. The topological polar surface area (TPSA) is 54.0 Å². The molecule has 1 aliphatic carbocycles. The first-order chi connectivity index (χ1) is 12.8. The second-order valence-electron chi connectivity index (χ2n) is 7.55. The maximum Gasteiger partial charge on any atom is 0.238 e. The van der Waals surface area contributed by atoms with Crippen molar-refractivity contribution in [3.05, 3.63) is 24.3 Å². The van der Waals surface area contributed by atoms with Gasteiger partial charge in [-0.25, -0.2) is 0 Å². The third-order valence-electron chi connectivity index (χ3n) is 5.45. The molecule has 2 heterocycles. The van der Waals surface area contributed by atoms with E-state index in [1.165, 1.54) is 12.8 Å². The summed E-state index contributed by atoms with van der Waals surface area (Å²) in [7, 11) is 0. The zero-order valence-electron chi connectivity index (χ0n) is 15.4. The molecule has 0 radical (unpaired) electrons. The van der Waals surface area contributed by atoms with E-state index in [0.29, 0.717) is 25.9 Å². The van der Waals surface area contributed by atoms with Gasteiger partial charge in [0.15, 0.2) is 0 Å². The van der Waals surface area contributed by atoms with Crippen LogP contribution in [0.15, 0.2) is 24.3 Å². The van der Waals surface area contributed by atoms with Gasteiger partial charge in [0, 0.05) is 37.9 Å². The lowest BCUT2D eigenvalue weighted by Crippen LogP contribution is -2.41. The van der Waals surface area contributed by atoms with Crippen LogP contribution in [0.4, 0.5) is 5.69 Å². The van der Waals surface area contributed by atoms with E-state index >= 15 is 0 Å². The average molecular weight is 359 g/mol. The Morgan fingerprint density at radius 3 is 2.38 bits per heavy atom. The second kappa shape index (κ2) is 8.37. The van der Waals surface area contributed by atoms with E-state index in [2.05, 4.69) is 15.1 Å². The van der Waals surface area contributed by atoms with Gasteiger partial charge in [-0.2, -0.15) is 0 Å². The fraction of sp³-hybridized carbons (Fsp3) is 0.650. The van der Waals surface area contributed by atoms with Gasteiger partial charge in [-0.3, -0.25) is 9.69 Å². The van der Waals surface area contributed by atoms with Crippen molar-refractivity contribution in [1.29, 1.82) is 0 Å². The van der Waals surface area contributed by atoms with E-state index in [1.807, 2.05) is 24.3 Å². The number of rotatable bonds is 6. The van der Waals surface area contributed by atoms with Crippen LogP contribution in [0.3, 0.4) is 0 Å². The van der Waals surface area contributed by atoms with Crippen LogP contribution in [0.5, 0.6) is 5.75 Å². The lowest BCUT2D eigenvalue weighted by atomic mass is 10.1. The highest BCUT2D eigenvalue weighted by molar-refractivity contribution is 5.92. The third kappa shape index (κ3) is 4.96. The summed E-state index contributed by atoms with van der Waals surface area (Å²) in [5.41, 5.74) is 0.819. The van der Waals surface area contributed by atoms with Crippen LogP contribution in [-0.4, -0.2) is 73.8 Å². The molecule has 6 heteroatoms. The second-order valence-corrected chi connectivity index (χ2v) is 7.55. The molecule has 0 unspecified atom stereocenters. The molecule has 0 aromatic heterocycles. The number of likely N-dealkylation sites (tertiary alicyclic amines) is 1. The normalized spacial score (nSPS) is 22.9. The molecule has 0 atom stereocenters. The number of hydrogen-bond donors (Lipinski definition) is 1. The first-order valence-corrected chi connectivity index (χ1v) is 9.87. The van der Waals surface area contributed by atoms with E-state index in [4.69, 9.17) is 9.47 Å². The number of ether oxygens (including phenoxy) is 2. The number of benzene rings is 1. The van der Waals surface area contributed by atoms with Crippen LogP contribution < -0.4 is 10.1 Å². The number of nitrogens with one attached hydrogen (secondary N) is 1. The Hall–Kier alpha value is -1.63. The monoisotopic (exact) mass is 359 g/mol. The fourth-order valence-electron chi connectivity index (χ4n) is 3.77. The molecule has 3 fully saturated rings. The summed E-state index contributed by atoms with van der Waals surface area (Å²) in [6.07, 6.45) is 5.28. The third-order valence-corrected chi connectivity index (χ3v) is 5.45. The molecule has 1 amide bonds.